The SMILES string of the molecule is O=C(NC1CCN(C2CC2)CC1)c1ccc(S(=O)(=O)NCc2ccco2)cc1. The summed E-state index contributed by atoms with van der Waals surface area (Å²) in [4.78, 5) is 15.1. The summed E-state index contributed by atoms with van der Waals surface area (Å²) in [5.41, 5.74) is 0.467. The molecule has 1 aliphatic heterocycles. The molecule has 1 aliphatic carbocycles. The molecule has 1 saturated heterocycles. The molecule has 0 atom stereocenters. The first-order chi connectivity index (χ1) is 13.5. The molecule has 8 heteroatoms. The Morgan fingerprint density at radius 1 is 1.07 bits per heavy atom. The molecular weight excluding hydrogens is 378 g/mol. The van der Waals surface area contributed by atoms with Crippen LogP contribution < -0.4 is 10.0 Å². The predicted octanol–water partition coefficient (Wildman–Crippen LogP) is 2.11. The molecule has 1 aromatic heterocycles. The zero-order valence-electron chi connectivity index (χ0n) is 15.6. The van der Waals surface area contributed by atoms with Crippen LogP contribution in [0.2, 0.25) is 0 Å². The van der Waals surface area contributed by atoms with Crippen molar-refractivity contribution >= 4 is 15.9 Å². The molecule has 2 heterocycles. The van der Waals surface area contributed by atoms with Gasteiger partial charge in [-0.2, -0.15) is 0 Å². The van der Waals surface area contributed by atoms with Crippen LogP contribution in [-0.4, -0.2) is 44.4 Å². The summed E-state index contributed by atoms with van der Waals surface area (Å²) < 4.78 is 32.3. The zero-order valence-corrected chi connectivity index (χ0v) is 16.5. The Morgan fingerprint density at radius 3 is 2.39 bits per heavy atom. The van der Waals surface area contributed by atoms with Gasteiger partial charge in [0.05, 0.1) is 17.7 Å². The average molecular weight is 404 g/mol. The van der Waals surface area contributed by atoms with Crippen molar-refractivity contribution in [3.05, 3.63) is 54.0 Å². The number of rotatable bonds is 7. The van der Waals surface area contributed by atoms with Crippen LogP contribution in [0.15, 0.2) is 52.0 Å². The maximum absolute atomic E-state index is 12.5. The van der Waals surface area contributed by atoms with Gasteiger partial charge in [-0.3, -0.25) is 4.79 Å². The number of carbonyl (C=O) groups excluding carboxylic acids is 1. The van der Waals surface area contributed by atoms with Gasteiger partial charge in [-0.25, -0.2) is 13.1 Å². The number of nitrogens with zero attached hydrogens (tertiary/aromatic N) is 1. The number of likely N-dealkylation sites (tertiary alicyclic amines) is 1. The van der Waals surface area contributed by atoms with Crippen molar-refractivity contribution in [1.29, 1.82) is 0 Å². The molecule has 2 N–H and O–H groups in total. The van der Waals surface area contributed by atoms with Crippen molar-refractivity contribution in [3.8, 4) is 0 Å². The highest BCUT2D eigenvalue weighted by Gasteiger charge is 2.32. The molecule has 150 valence electrons. The number of hydrogen-bond donors (Lipinski definition) is 2. The van der Waals surface area contributed by atoms with Crippen LogP contribution in [0.1, 0.15) is 41.8 Å². The molecule has 7 nitrogen and oxygen atoms in total. The fourth-order valence-electron chi connectivity index (χ4n) is 3.57. The standard InChI is InChI=1S/C20H25N3O4S/c24-20(22-16-9-11-23(12-10-16)17-5-6-17)15-3-7-19(8-4-15)28(25,26)21-14-18-2-1-13-27-18/h1-4,7-8,13,16-17,21H,5-6,9-12,14H2,(H,22,24). The van der Waals surface area contributed by atoms with E-state index < -0.39 is 10.0 Å². The summed E-state index contributed by atoms with van der Waals surface area (Å²) in [7, 11) is -3.66. The molecule has 0 spiro atoms. The van der Waals surface area contributed by atoms with Crippen molar-refractivity contribution in [2.75, 3.05) is 13.1 Å². The Kier molecular flexibility index (Phi) is 5.52. The Labute approximate surface area is 165 Å². The van der Waals surface area contributed by atoms with Gasteiger partial charge in [0.1, 0.15) is 5.76 Å². The van der Waals surface area contributed by atoms with Crippen molar-refractivity contribution in [2.24, 2.45) is 0 Å². The number of benzene rings is 1. The summed E-state index contributed by atoms with van der Waals surface area (Å²) in [6, 6.07) is 10.4. The third-order valence-corrected chi connectivity index (χ3v) is 6.79. The highest BCUT2D eigenvalue weighted by atomic mass is 32.2. The molecule has 2 aliphatic rings. The lowest BCUT2D eigenvalue weighted by atomic mass is 10.0. The third kappa shape index (κ3) is 4.63. The number of hydrogen-bond acceptors (Lipinski definition) is 5. The van der Waals surface area contributed by atoms with Crippen LogP contribution in [0.4, 0.5) is 0 Å². The van der Waals surface area contributed by atoms with Crippen LogP contribution in [0.3, 0.4) is 0 Å². The number of furan rings is 1. The fourth-order valence-corrected chi connectivity index (χ4v) is 4.56. The van der Waals surface area contributed by atoms with E-state index in [0.29, 0.717) is 11.3 Å². The minimum Gasteiger partial charge on any atom is -0.468 e. The highest BCUT2D eigenvalue weighted by molar-refractivity contribution is 7.89. The first kappa shape index (κ1) is 19.2. The van der Waals surface area contributed by atoms with Gasteiger partial charge in [0.25, 0.3) is 5.91 Å². The molecule has 4 rings (SSSR count). The van der Waals surface area contributed by atoms with Gasteiger partial charge in [-0.1, -0.05) is 0 Å². The van der Waals surface area contributed by atoms with Gasteiger partial charge in [-0.05, 0) is 62.1 Å². The highest BCUT2D eigenvalue weighted by Crippen LogP contribution is 2.29. The molecule has 28 heavy (non-hydrogen) atoms. The number of sulfonamides is 1. The summed E-state index contributed by atoms with van der Waals surface area (Å²) in [5, 5.41) is 3.07. The molecule has 0 radical (unpaired) electrons. The summed E-state index contributed by atoms with van der Waals surface area (Å²) in [5.74, 6) is 0.379. The van der Waals surface area contributed by atoms with E-state index in [0.717, 1.165) is 32.0 Å². The number of nitrogens with one attached hydrogen (secondary N) is 2. The van der Waals surface area contributed by atoms with E-state index in [-0.39, 0.29) is 23.4 Å². The van der Waals surface area contributed by atoms with Gasteiger partial charge < -0.3 is 14.6 Å². The normalized spacial score (nSPS) is 18.9. The van der Waals surface area contributed by atoms with Gasteiger partial charge in [-0.15, -0.1) is 0 Å². The molecular formula is C20H25N3O4S. The second kappa shape index (κ2) is 8.06. The maximum Gasteiger partial charge on any atom is 0.251 e. The van der Waals surface area contributed by atoms with Gasteiger partial charge in [0, 0.05) is 30.7 Å². The summed E-state index contributed by atoms with van der Waals surface area (Å²) in [6.45, 7) is 2.15. The molecule has 1 saturated carbocycles. The summed E-state index contributed by atoms with van der Waals surface area (Å²) in [6.07, 6.45) is 6.04. The Morgan fingerprint density at radius 2 is 1.79 bits per heavy atom. The third-order valence-electron chi connectivity index (χ3n) is 5.37. The van der Waals surface area contributed by atoms with Gasteiger partial charge in [0.2, 0.25) is 10.0 Å². The van der Waals surface area contributed by atoms with Crippen LogP contribution in [0, 0.1) is 0 Å². The molecule has 2 fully saturated rings. The number of amides is 1. The smallest absolute Gasteiger partial charge is 0.251 e. The molecule has 1 amide bonds. The second-order valence-electron chi connectivity index (χ2n) is 7.44. The minimum absolute atomic E-state index is 0.0805. The van der Waals surface area contributed by atoms with Crippen molar-refractivity contribution < 1.29 is 17.6 Å². The predicted molar refractivity (Wildman–Crippen MR) is 104 cm³/mol. The van der Waals surface area contributed by atoms with Crippen molar-refractivity contribution in [2.45, 2.75) is 49.2 Å². The van der Waals surface area contributed by atoms with E-state index in [2.05, 4.69) is 14.9 Å². The Balaban J connectivity index is 1.31. The number of carbonyl (C=O) groups is 1. The lowest BCUT2D eigenvalue weighted by Gasteiger charge is -2.32. The monoisotopic (exact) mass is 403 g/mol. The van der Waals surface area contributed by atoms with E-state index >= 15 is 0 Å². The maximum atomic E-state index is 12.5. The van der Waals surface area contributed by atoms with Crippen LogP contribution in [0.5, 0.6) is 0 Å². The van der Waals surface area contributed by atoms with E-state index in [9.17, 15) is 13.2 Å². The second-order valence-corrected chi connectivity index (χ2v) is 9.21. The minimum atomic E-state index is -3.66. The lowest BCUT2D eigenvalue weighted by Crippen LogP contribution is -2.45. The van der Waals surface area contributed by atoms with Crippen LogP contribution in [0.25, 0.3) is 0 Å². The topological polar surface area (TPSA) is 91.7 Å². The first-order valence-electron chi connectivity index (χ1n) is 9.68. The largest absolute Gasteiger partial charge is 0.468 e. The van der Waals surface area contributed by atoms with E-state index in [4.69, 9.17) is 4.42 Å². The Hall–Kier alpha value is -2.16. The quantitative estimate of drug-likeness (QED) is 0.739. The lowest BCUT2D eigenvalue weighted by molar-refractivity contribution is 0.0909. The zero-order chi connectivity index (χ0) is 19.6. The van der Waals surface area contributed by atoms with Crippen LogP contribution >= 0.6 is 0 Å². The first-order valence-corrected chi connectivity index (χ1v) is 11.2. The fraction of sp³-hybridized carbons (Fsp3) is 0.450. The van der Waals surface area contributed by atoms with Gasteiger partial charge in [0.15, 0.2) is 0 Å². The molecule has 0 unspecified atom stereocenters. The van der Waals surface area contributed by atoms with Crippen molar-refractivity contribution in [3.63, 3.8) is 0 Å². The van der Waals surface area contributed by atoms with Gasteiger partial charge >= 0.3 is 0 Å². The summed E-state index contributed by atoms with van der Waals surface area (Å²) >= 11 is 0. The molecule has 0 bridgehead atoms. The molecule has 1 aromatic carbocycles. The Bertz CT molecular complexity index is 897. The number of piperidine rings is 1. The van der Waals surface area contributed by atoms with Crippen LogP contribution in [-0.2, 0) is 16.6 Å². The van der Waals surface area contributed by atoms with Crippen molar-refractivity contribution in [1.82, 2.24) is 14.9 Å². The van der Waals surface area contributed by atoms with E-state index in [1.807, 2.05) is 0 Å². The van der Waals surface area contributed by atoms with E-state index in [1.54, 1.807) is 24.3 Å². The van der Waals surface area contributed by atoms with E-state index in [1.165, 1.54) is 31.2 Å². The average Bonchev–Trinajstić information content (AvgIpc) is 3.42. The molecule has 2 aromatic rings.